The Morgan fingerprint density at radius 2 is 1.77 bits per heavy atom. The average Bonchev–Trinajstić information content (AvgIpc) is 3.08. The molecule has 0 unspecified atom stereocenters. The number of carbonyl (C=O) groups is 2. The summed E-state index contributed by atoms with van der Waals surface area (Å²) in [5, 5.41) is 2.26. The summed E-state index contributed by atoms with van der Waals surface area (Å²) < 4.78 is 62.2. The number of urea groups is 1. The molecule has 1 aliphatic rings. The van der Waals surface area contributed by atoms with E-state index in [4.69, 9.17) is 9.47 Å². The van der Waals surface area contributed by atoms with Crippen molar-refractivity contribution in [1.82, 2.24) is 4.90 Å². The monoisotopic (exact) mass is 441 g/mol. The van der Waals surface area contributed by atoms with Crippen LogP contribution in [0.15, 0.2) is 36.4 Å². The zero-order valence-electron chi connectivity index (χ0n) is 16.6. The molecule has 0 atom stereocenters. The minimum atomic E-state index is -4.89. The standard InChI is InChI=1S/C20H19F4N3O4/c1-30-16-6-4-13(10-17(16)31-2)27-8-7-26(19(27)29)11-18(28)25-12-3-5-15(21)14(9-12)20(22,23)24/h3-6,9-10H,7-8,11H2,1-2H3,(H,25,28). The summed E-state index contributed by atoms with van der Waals surface area (Å²) in [4.78, 5) is 27.6. The van der Waals surface area contributed by atoms with Gasteiger partial charge in [0.2, 0.25) is 5.91 Å². The van der Waals surface area contributed by atoms with Crippen molar-refractivity contribution < 1.29 is 36.6 Å². The first-order valence-electron chi connectivity index (χ1n) is 9.09. The number of rotatable bonds is 6. The highest BCUT2D eigenvalue weighted by molar-refractivity contribution is 5.99. The van der Waals surface area contributed by atoms with Crippen molar-refractivity contribution in [2.45, 2.75) is 6.18 Å². The van der Waals surface area contributed by atoms with Crippen LogP contribution >= 0.6 is 0 Å². The molecule has 0 bridgehead atoms. The van der Waals surface area contributed by atoms with Gasteiger partial charge in [0.15, 0.2) is 11.5 Å². The van der Waals surface area contributed by atoms with Crippen LogP contribution in [0.25, 0.3) is 0 Å². The van der Waals surface area contributed by atoms with Crippen LogP contribution < -0.4 is 19.7 Å². The molecule has 0 aromatic heterocycles. The molecular weight excluding hydrogens is 422 g/mol. The predicted octanol–water partition coefficient (Wildman–Crippen LogP) is 3.74. The number of nitrogens with one attached hydrogen (secondary N) is 1. The van der Waals surface area contributed by atoms with Crippen LogP contribution in [0.1, 0.15) is 5.56 Å². The number of benzene rings is 2. The quantitative estimate of drug-likeness (QED) is 0.694. The van der Waals surface area contributed by atoms with Gasteiger partial charge in [0.25, 0.3) is 0 Å². The van der Waals surface area contributed by atoms with Crippen molar-refractivity contribution in [2.75, 3.05) is 44.1 Å². The molecule has 2 aromatic rings. The van der Waals surface area contributed by atoms with E-state index in [1.807, 2.05) is 0 Å². The van der Waals surface area contributed by atoms with Crippen molar-refractivity contribution in [3.63, 3.8) is 0 Å². The third-order valence-corrected chi connectivity index (χ3v) is 4.66. The zero-order valence-corrected chi connectivity index (χ0v) is 16.6. The smallest absolute Gasteiger partial charge is 0.419 e. The number of methoxy groups -OCH3 is 2. The van der Waals surface area contributed by atoms with Crippen molar-refractivity contribution in [2.24, 2.45) is 0 Å². The van der Waals surface area contributed by atoms with Crippen LogP contribution in [0.2, 0.25) is 0 Å². The van der Waals surface area contributed by atoms with Gasteiger partial charge >= 0.3 is 12.2 Å². The van der Waals surface area contributed by atoms with Gasteiger partial charge in [-0.05, 0) is 30.3 Å². The Morgan fingerprint density at radius 1 is 1.06 bits per heavy atom. The van der Waals surface area contributed by atoms with Crippen LogP contribution in [0.3, 0.4) is 0 Å². The van der Waals surface area contributed by atoms with Gasteiger partial charge in [-0.25, -0.2) is 9.18 Å². The van der Waals surface area contributed by atoms with Crippen molar-refractivity contribution in [3.8, 4) is 11.5 Å². The largest absolute Gasteiger partial charge is 0.493 e. The molecule has 2 aromatic carbocycles. The van der Waals surface area contributed by atoms with E-state index in [1.165, 1.54) is 24.0 Å². The maximum Gasteiger partial charge on any atom is 0.419 e. The Balaban J connectivity index is 1.67. The highest BCUT2D eigenvalue weighted by Gasteiger charge is 2.35. The topological polar surface area (TPSA) is 71.1 Å². The highest BCUT2D eigenvalue weighted by atomic mass is 19.4. The fraction of sp³-hybridized carbons (Fsp3) is 0.300. The molecule has 166 valence electrons. The van der Waals surface area contributed by atoms with Gasteiger partial charge in [-0.2, -0.15) is 13.2 Å². The lowest BCUT2D eigenvalue weighted by molar-refractivity contribution is -0.140. The minimum Gasteiger partial charge on any atom is -0.493 e. The number of ether oxygens (including phenoxy) is 2. The first-order chi connectivity index (χ1) is 14.6. The number of alkyl halides is 3. The summed E-state index contributed by atoms with van der Waals surface area (Å²) in [7, 11) is 2.95. The summed E-state index contributed by atoms with van der Waals surface area (Å²) in [6.45, 7) is 0.162. The third kappa shape index (κ3) is 4.81. The molecule has 3 rings (SSSR count). The molecule has 1 aliphatic heterocycles. The molecular formula is C20H19F4N3O4. The molecule has 0 spiro atoms. The molecule has 1 heterocycles. The number of carbonyl (C=O) groups excluding carboxylic acids is 2. The van der Waals surface area contributed by atoms with E-state index < -0.39 is 29.5 Å². The molecule has 3 amide bonds. The molecule has 11 heteroatoms. The average molecular weight is 441 g/mol. The maximum absolute atomic E-state index is 13.4. The van der Waals surface area contributed by atoms with Gasteiger partial charge in [-0.3, -0.25) is 9.69 Å². The van der Waals surface area contributed by atoms with Crippen LogP contribution in [-0.2, 0) is 11.0 Å². The van der Waals surface area contributed by atoms with E-state index in [0.29, 0.717) is 35.9 Å². The second-order valence-electron chi connectivity index (χ2n) is 6.64. The fourth-order valence-electron chi connectivity index (χ4n) is 3.16. The first kappa shape index (κ1) is 22.2. The van der Waals surface area contributed by atoms with Crippen LogP contribution in [0.4, 0.5) is 33.7 Å². The Morgan fingerprint density at radius 3 is 2.42 bits per heavy atom. The lowest BCUT2D eigenvalue weighted by Crippen LogP contribution is -2.37. The Labute approximate surface area is 175 Å². The number of halogens is 4. The molecule has 1 fully saturated rings. The van der Waals surface area contributed by atoms with Crippen molar-refractivity contribution in [3.05, 3.63) is 47.8 Å². The van der Waals surface area contributed by atoms with E-state index in [0.717, 1.165) is 6.07 Å². The van der Waals surface area contributed by atoms with Gasteiger partial charge in [0, 0.05) is 30.5 Å². The van der Waals surface area contributed by atoms with Crippen LogP contribution in [-0.4, -0.2) is 50.7 Å². The fourth-order valence-corrected chi connectivity index (χ4v) is 3.16. The Hall–Kier alpha value is -3.50. The Kier molecular flexibility index (Phi) is 6.23. The minimum absolute atomic E-state index is 0.220. The number of nitrogens with zero attached hydrogens (tertiary/aromatic N) is 2. The van der Waals surface area contributed by atoms with Crippen molar-refractivity contribution >= 4 is 23.3 Å². The number of hydrogen-bond donors (Lipinski definition) is 1. The second-order valence-corrected chi connectivity index (χ2v) is 6.64. The van der Waals surface area contributed by atoms with Gasteiger partial charge in [0.1, 0.15) is 12.4 Å². The summed E-state index contributed by atoms with van der Waals surface area (Å²) in [5.74, 6) is -1.22. The van der Waals surface area contributed by atoms with E-state index in [9.17, 15) is 27.2 Å². The maximum atomic E-state index is 13.4. The van der Waals surface area contributed by atoms with Crippen LogP contribution in [0, 0.1) is 5.82 Å². The predicted molar refractivity (Wildman–Crippen MR) is 104 cm³/mol. The SMILES string of the molecule is COc1ccc(N2CCN(CC(=O)Nc3ccc(F)c(C(F)(F)F)c3)C2=O)cc1OC. The molecule has 0 aliphatic carbocycles. The summed E-state index contributed by atoms with van der Waals surface area (Å²) >= 11 is 0. The molecule has 31 heavy (non-hydrogen) atoms. The summed E-state index contributed by atoms with van der Waals surface area (Å²) in [5.41, 5.74) is -1.16. The summed E-state index contributed by atoms with van der Waals surface area (Å²) in [6.07, 6.45) is -4.89. The second kappa shape index (κ2) is 8.70. The molecule has 1 saturated heterocycles. The van der Waals surface area contributed by atoms with E-state index in [1.54, 1.807) is 18.2 Å². The Bertz CT molecular complexity index is 997. The van der Waals surface area contributed by atoms with Gasteiger partial charge < -0.3 is 19.7 Å². The highest BCUT2D eigenvalue weighted by Crippen LogP contribution is 2.34. The number of hydrogen-bond acceptors (Lipinski definition) is 4. The van der Waals surface area contributed by atoms with Crippen LogP contribution in [0.5, 0.6) is 11.5 Å². The normalized spacial score (nSPS) is 14.1. The van der Waals surface area contributed by atoms with E-state index >= 15 is 0 Å². The third-order valence-electron chi connectivity index (χ3n) is 4.66. The van der Waals surface area contributed by atoms with E-state index in [-0.39, 0.29) is 18.8 Å². The number of anilines is 2. The first-order valence-corrected chi connectivity index (χ1v) is 9.09. The number of amides is 3. The molecule has 0 radical (unpaired) electrons. The lowest BCUT2D eigenvalue weighted by Gasteiger charge is -2.19. The van der Waals surface area contributed by atoms with Gasteiger partial charge in [-0.1, -0.05) is 0 Å². The lowest BCUT2D eigenvalue weighted by atomic mass is 10.2. The van der Waals surface area contributed by atoms with Gasteiger partial charge in [-0.15, -0.1) is 0 Å². The molecule has 0 saturated carbocycles. The molecule has 1 N–H and O–H groups in total. The van der Waals surface area contributed by atoms with Gasteiger partial charge in [0.05, 0.1) is 19.8 Å². The molecule has 7 nitrogen and oxygen atoms in total. The zero-order chi connectivity index (χ0) is 22.8. The van der Waals surface area contributed by atoms with Crippen molar-refractivity contribution in [1.29, 1.82) is 0 Å². The summed E-state index contributed by atoms with van der Waals surface area (Å²) in [6, 6.07) is 6.64. The van der Waals surface area contributed by atoms with E-state index in [2.05, 4.69) is 5.32 Å².